The molecule has 1 aromatic heterocycles. The lowest BCUT2D eigenvalue weighted by atomic mass is 9.98. The Morgan fingerprint density at radius 1 is 1.06 bits per heavy atom. The Bertz CT molecular complexity index is 1290. The molecule has 10 nitrogen and oxygen atoms in total. The molecule has 3 N–H and O–H groups in total. The number of carbonyl (C=O) groups is 3. The quantitative estimate of drug-likeness (QED) is 0.518. The second-order valence-electron chi connectivity index (χ2n) is 9.19. The summed E-state index contributed by atoms with van der Waals surface area (Å²) < 4.78 is 5.49. The summed E-state index contributed by atoms with van der Waals surface area (Å²) in [6, 6.07) is 16.1. The number of likely N-dealkylation sites (tertiary alicyclic amines) is 1. The third-order valence-electron chi connectivity index (χ3n) is 7.31. The summed E-state index contributed by atoms with van der Waals surface area (Å²) in [7, 11) is 0. The number of anilines is 1. The average molecular weight is 473 g/mol. The zero-order valence-corrected chi connectivity index (χ0v) is 18.7. The minimum absolute atomic E-state index is 0.00783. The molecule has 1 saturated carbocycles. The van der Waals surface area contributed by atoms with Crippen LogP contribution in [0.2, 0.25) is 0 Å². The van der Waals surface area contributed by atoms with Gasteiger partial charge in [0.2, 0.25) is 5.82 Å². The minimum Gasteiger partial charge on any atom is -0.481 e. The molecule has 2 amide bonds. The van der Waals surface area contributed by atoms with Crippen molar-refractivity contribution in [1.29, 1.82) is 0 Å². The number of aromatic amines is 1. The fourth-order valence-corrected chi connectivity index (χ4v) is 5.58. The molecule has 2 heterocycles. The maximum Gasteiger partial charge on any atom is 0.414 e. The standard InChI is InChI=1S/C25H23N5O5/c31-22(30-10-9-17-18(11-30)20(17)23(32)33)21-26-24(29-28-21)27-25(34)35-12-19-15-7-3-1-5-13(15)14-6-2-4-8-16(14)19/h1-8,17-20H,9-12H2,(H,32,33)(H2,26,27,28,29,34)/t17-,18+,20?/m1/s1. The number of fused-ring (bicyclic) bond motifs is 4. The number of amides is 2. The summed E-state index contributed by atoms with van der Waals surface area (Å²) in [6.45, 7) is 1.01. The topological polar surface area (TPSA) is 138 Å². The van der Waals surface area contributed by atoms with Crippen LogP contribution < -0.4 is 5.32 Å². The number of hydrogen-bond acceptors (Lipinski definition) is 6. The normalized spacial score (nSPS) is 22.1. The summed E-state index contributed by atoms with van der Waals surface area (Å²) in [5.74, 6) is -1.54. The third kappa shape index (κ3) is 3.71. The van der Waals surface area contributed by atoms with Crippen molar-refractivity contribution in [2.45, 2.75) is 12.3 Å². The molecule has 3 aliphatic rings. The summed E-state index contributed by atoms with van der Waals surface area (Å²) in [6.07, 6.45) is -0.0558. The minimum atomic E-state index is -0.802. The van der Waals surface area contributed by atoms with Gasteiger partial charge in [0.05, 0.1) is 5.92 Å². The number of rotatable bonds is 5. The van der Waals surface area contributed by atoms with E-state index in [9.17, 15) is 19.5 Å². The maximum atomic E-state index is 12.8. The second-order valence-corrected chi connectivity index (χ2v) is 9.19. The Hall–Kier alpha value is -4.21. The number of H-pyrrole nitrogens is 1. The van der Waals surface area contributed by atoms with Gasteiger partial charge < -0.3 is 14.7 Å². The van der Waals surface area contributed by atoms with Crippen LogP contribution in [0.5, 0.6) is 0 Å². The number of piperidine rings is 1. The largest absolute Gasteiger partial charge is 0.481 e. The predicted molar refractivity (Wildman–Crippen MR) is 124 cm³/mol. The molecule has 3 aromatic rings. The van der Waals surface area contributed by atoms with Crippen molar-refractivity contribution in [3.63, 3.8) is 0 Å². The molecule has 2 aliphatic carbocycles. The van der Waals surface area contributed by atoms with Crippen molar-refractivity contribution in [3.05, 3.63) is 65.5 Å². The van der Waals surface area contributed by atoms with Crippen LogP contribution in [0.15, 0.2) is 48.5 Å². The first kappa shape index (κ1) is 21.3. The summed E-state index contributed by atoms with van der Waals surface area (Å²) in [5, 5.41) is 18.2. The van der Waals surface area contributed by atoms with E-state index in [0.717, 1.165) is 22.3 Å². The summed E-state index contributed by atoms with van der Waals surface area (Å²) in [4.78, 5) is 42.1. The van der Waals surface area contributed by atoms with Gasteiger partial charge in [-0.3, -0.25) is 20.0 Å². The SMILES string of the molecule is O=C(Nc1n[nH]c(C(=O)N2CC[C@H]3C(C(=O)O)[C@H]3C2)n1)OCC1c2ccccc2-c2ccccc21. The zero-order valence-electron chi connectivity index (χ0n) is 18.7. The van der Waals surface area contributed by atoms with Gasteiger partial charge in [-0.25, -0.2) is 4.79 Å². The van der Waals surface area contributed by atoms with Crippen molar-refractivity contribution in [2.75, 3.05) is 25.0 Å². The van der Waals surface area contributed by atoms with Gasteiger partial charge in [-0.1, -0.05) is 48.5 Å². The van der Waals surface area contributed by atoms with Crippen LogP contribution in [0.4, 0.5) is 10.7 Å². The van der Waals surface area contributed by atoms with E-state index >= 15 is 0 Å². The lowest BCUT2D eigenvalue weighted by molar-refractivity contribution is -0.139. The fourth-order valence-electron chi connectivity index (χ4n) is 5.58. The van der Waals surface area contributed by atoms with Crippen molar-refractivity contribution >= 4 is 23.9 Å². The van der Waals surface area contributed by atoms with Crippen LogP contribution in [0.1, 0.15) is 34.1 Å². The number of carbonyl (C=O) groups excluding carboxylic acids is 2. The number of nitrogens with zero attached hydrogens (tertiary/aromatic N) is 3. The number of nitrogens with one attached hydrogen (secondary N) is 2. The molecule has 0 radical (unpaired) electrons. The van der Waals surface area contributed by atoms with E-state index < -0.39 is 12.1 Å². The Kier molecular flexibility index (Phi) is 5.01. The van der Waals surface area contributed by atoms with Crippen LogP contribution >= 0.6 is 0 Å². The van der Waals surface area contributed by atoms with Gasteiger partial charge in [0.25, 0.3) is 11.9 Å². The first-order chi connectivity index (χ1) is 17.0. The molecular formula is C25H23N5O5. The van der Waals surface area contributed by atoms with E-state index in [1.165, 1.54) is 0 Å². The number of hydrogen-bond donors (Lipinski definition) is 3. The molecule has 35 heavy (non-hydrogen) atoms. The number of aliphatic carboxylic acids is 1. The molecule has 2 fully saturated rings. The third-order valence-corrected chi connectivity index (χ3v) is 7.31. The molecule has 0 bridgehead atoms. The summed E-state index contributed by atoms with van der Waals surface area (Å²) in [5.41, 5.74) is 4.49. The molecule has 1 aliphatic heterocycles. The van der Waals surface area contributed by atoms with Crippen LogP contribution in [0.25, 0.3) is 11.1 Å². The molecular weight excluding hydrogens is 450 g/mol. The highest BCUT2D eigenvalue weighted by Gasteiger charge is 2.57. The Balaban J connectivity index is 1.07. The van der Waals surface area contributed by atoms with Crippen molar-refractivity contribution in [3.8, 4) is 11.1 Å². The van der Waals surface area contributed by atoms with Crippen molar-refractivity contribution < 1.29 is 24.2 Å². The van der Waals surface area contributed by atoms with Gasteiger partial charge in [0, 0.05) is 19.0 Å². The monoisotopic (exact) mass is 473 g/mol. The van der Waals surface area contributed by atoms with Crippen molar-refractivity contribution in [2.24, 2.45) is 17.8 Å². The van der Waals surface area contributed by atoms with E-state index in [1.54, 1.807) is 4.90 Å². The van der Waals surface area contributed by atoms with Crippen LogP contribution in [0, 0.1) is 17.8 Å². The molecule has 3 atom stereocenters. The van der Waals surface area contributed by atoms with Crippen LogP contribution in [-0.2, 0) is 9.53 Å². The van der Waals surface area contributed by atoms with Gasteiger partial charge >= 0.3 is 12.1 Å². The molecule has 178 valence electrons. The van der Waals surface area contributed by atoms with Crippen LogP contribution in [0.3, 0.4) is 0 Å². The maximum absolute atomic E-state index is 12.8. The highest BCUT2D eigenvalue weighted by molar-refractivity contribution is 5.92. The van der Waals surface area contributed by atoms with E-state index in [4.69, 9.17) is 4.74 Å². The molecule has 6 rings (SSSR count). The predicted octanol–water partition coefficient (Wildman–Crippen LogP) is 2.96. The summed E-state index contributed by atoms with van der Waals surface area (Å²) >= 11 is 0. The molecule has 0 spiro atoms. The average Bonchev–Trinajstić information content (AvgIpc) is 3.26. The lowest BCUT2D eigenvalue weighted by Crippen LogP contribution is -2.37. The molecule has 2 aromatic carbocycles. The first-order valence-corrected chi connectivity index (χ1v) is 11.6. The van der Waals surface area contributed by atoms with E-state index in [-0.39, 0.29) is 48.0 Å². The number of carboxylic acid groups (broad SMARTS) is 1. The smallest absolute Gasteiger partial charge is 0.414 e. The number of aromatic nitrogens is 3. The highest BCUT2D eigenvalue weighted by Crippen LogP contribution is 2.51. The lowest BCUT2D eigenvalue weighted by Gasteiger charge is -2.24. The number of ether oxygens (including phenoxy) is 1. The zero-order chi connectivity index (χ0) is 24.1. The van der Waals surface area contributed by atoms with E-state index in [0.29, 0.717) is 19.5 Å². The van der Waals surface area contributed by atoms with Crippen molar-refractivity contribution in [1.82, 2.24) is 20.1 Å². The van der Waals surface area contributed by atoms with Gasteiger partial charge in [-0.05, 0) is 40.5 Å². The Morgan fingerprint density at radius 3 is 2.43 bits per heavy atom. The number of carboxylic acids is 1. The van der Waals surface area contributed by atoms with E-state index in [1.807, 2.05) is 36.4 Å². The number of benzene rings is 2. The van der Waals surface area contributed by atoms with Gasteiger partial charge in [0.1, 0.15) is 6.61 Å². The Morgan fingerprint density at radius 2 is 1.74 bits per heavy atom. The van der Waals surface area contributed by atoms with Gasteiger partial charge in [0.15, 0.2) is 0 Å². The van der Waals surface area contributed by atoms with Gasteiger partial charge in [-0.15, -0.1) is 5.10 Å². The van der Waals surface area contributed by atoms with E-state index in [2.05, 4.69) is 32.6 Å². The molecule has 1 unspecified atom stereocenters. The van der Waals surface area contributed by atoms with Gasteiger partial charge in [-0.2, -0.15) is 4.98 Å². The second kappa shape index (κ2) is 8.23. The fraction of sp³-hybridized carbons (Fsp3) is 0.320. The molecule has 1 saturated heterocycles. The Labute approximate surface area is 200 Å². The van der Waals surface area contributed by atoms with Crippen LogP contribution in [-0.4, -0.2) is 62.9 Å². The first-order valence-electron chi connectivity index (χ1n) is 11.6. The highest BCUT2D eigenvalue weighted by atomic mass is 16.5. The molecule has 10 heteroatoms.